The van der Waals surface area contributed by atoms with Gasteiger partial charge in [-0.2, -0.15) is 0 Å². The lowest BCUT2D eigenvalue weighted by molar-refractivity contribution is -0.119. The molecule has 1 aliphatic heterocycles. The van der Waals surface area contributed by atoms with Gasteiger partial charge in [-0.3, -0.25) is 15.0 Å². The van der Waals surface area contributed by atoms with Crippen LogP contribution in [0, 0.1) is 0 Å². The lowest BCUT2D eigenvalue weighted by Gasteiger charge is -2.16. The van der Waals surface area contributed by atoms with Crippen LogP contribution < -0.4 is 5.32 Å². The number of urea groups is 1. The van der Waals surface area contributed by atoms with E-state index < -0.39 is 17.3 Å². The number of amides is 3. The second-order valence-electron chi connectivity index (χ2n) is 2.26. The summed E-state index contributed by atoms with van der Waals surface area (Å²) in [4.78, 5) is 23.0. The molecule has 0 spiro atoms. The predicted octanol–water partition coefficient (Wildman–Crippen LogP) is -0.212. The Labute approximate surface area is 75.5 Å². The van der Waals surface area contributed by atoms with E-state index in [1.54, 1.807) is 0 Å². The number of carbonyl (C=O) groups is 2. The predicted molar refractivity (Wildman–Crippen MR) is 44.6 cm³/mol. The van der Waals surface area contributed by atoms with E-state index in [0.29, 0.717) is 6.61 Å². The summed E-state index contributed by atoms with van der Waals surface area (Å²) in [5, 5.41) is 1.40. The minimum atomic E-state index is -0.718. The molecule has 1 rings (SSSR count). The van der Waals surface area contributed by atoms with Crippen molar-refractivity contribution < 1.29 is 14.3 Å². The topological polar surface area (TPSA) is 58.6 Å². The minimum Gasteiger partial charge on any atom is -0.361 e. The molecular weight excluding hydrogens is 180 g/mol. The fourth-order valence-electron chi connectivity index (χ4n) is 0.813. The largest absolute Gasteiger partial charge is 0.361 e. The van der Waals surface area contributed by atoms with E-state index in [2.05, 4.69) is 17.9 Å². The maximum Gasteiger partial charge on any atom is 0.327 e. The molecule has 0 bridgehead atoms. The molecule has 0 radical (unpaired) electrons. The summed E-state index contributed by atoms with van der Waals surface area (Å²) in [6.07, 6.45) is 0. The Balaban J connectivity index is 2.51. The Kier molecular flexibility index (Phi) is 2.93. The zero-order valence-corrected chi connectivity index (χ0v) is 7.51. The molecule has 1 saturated heterocycles. The zero-order chi connectivity index (χ0) is 9.14. The molecular formula is C6H10N2O3S. The Morgan fingerprint density at radius 1 is 1.67 bits per heavy atom. The van der Waals surface area contributed by atoms with Gasteiger partial charge in [-0.1, -0.05) is 0 Å². The molecule has 1 unspecified atom stereocenters. The van der Waals surface area contributed by atoms with E-state index >= 15 is 0 Å². The van der Waals surface area contributed by atoms with Crippen molar-refractivity contribution in [1.29, 1.82) is 0 Å². The monoisotopic (exact) mass is 190 g/mol. The molecule has 6 heteroatoms. The van der Waals surface area contributed by atoms with Crippen LogP contribution >= 0.6 is 12.6 Å². The molecule has 0 saturated carbocycles. The van der Waals surface area contributed by atoms with Gasteiger partial charge in [-0.05, 0) is 6.92 Å². The maximum absolute atomic E-state index is 11.0. The van der Waals surface area contributed by atoms with E-state index in [9.17, 15) is 9.59 Å². The SMILES string of the molecule is CCOCN1C(=O)NC(=O)C1S. The second-order valence-corrected chi connectivity index (χ2v) is 2.75. The third kappa shape index (κ3) is 1.70. The van der Waals surface area contributed by atoms with Gasteiger partial charge in [0.2, 0.25) is 0 Å². The second kappa shape index (κ2) is 3.77. The molecule has 1 fully saturated rings. The van der Waals surface area contributed by atoms with Gasteiger partial charge in [-0.25, -0.2) is 4.79 Å². The Hall–Kier alpha value is -0.750. The minimum absolute atomic E-state index is 0.0994. The highest BCUT2D eigenvalue weighted by Crippen LogP contribution is 2.10. The van der Waals surface area contributed by atoms with Crippen LogP contribution in [0.1, 0.15) is 6.92 Å². The van der Waals surface area contributed by atoms with Crippen molar-refractivity contribution in [3.8, 4) is 0 Å². The molecule has 1 heterocycles. The molecule has 1 aliphatic rings. The molecule has 1 N–H and O–H groups in total. The van der Waals surface area contributed by atoms with Crippen molar-refractivity contribution in [2.24, 2.45) is 0 Å². The van der Waals surface area contributed by atoms with Crippen LogP contribution in [0.3, 0.4) is 0 Å². The number of rotatable bonds is 3. The van der Waals surface area contributed by atoms with Gasteiger partial charge in [0, 0.05) is 6.61 Å². The highest BCUT2D eigenvalue weighted by atomic mass is 32.1. The first-order valence-corrected chi connectivity index (χ1v) is 4.05. The van der Waals surface area contributed by atoms with Crippen LogP contribution in [-0.4, -0.2) is 35.5 Å². The number of imide groups is 1. The van der Waals surface area contributed by atoms with E-state index in [1.165, 1.54) is 4.90 Å². The fourth-order valence-corrected chi connectivity index (χ4v) is 1.05. The number of nitrogens with one attached hydrogen (secondary N) is 1. The van der Waals surface area contributed by atoms with Gasteiger partial charge in [0.25, 0.3) is 5.91 Å². The average molecular weight is 190 g/mol. The molecule has 0 aromatic heterocycles. The van der Waals surface area contributed by atoms with Gasteiger partial charge in [0.1, 0.15) is 6.73 Å². The summed E-state index contributed by atoms with van der Waals surface area (Å²) < 4.78 is 4.97. The van der Waals surface area contributed by atoms with Gasteiger partial charge in [-0.15, -0.1) is 12.6 Å². The van der Waals surface area contributed by atoms with Crippen LogP contribution in [0.5, 0.6) is 0 Å². The van der Waals surface area contributed by atoms with Crippen molar-refractivity contribution in [3.63, 3.8) is 0 Å². The zero-order valence-electron chi connectivity index (χ0n) is 6.61. The molecule has 0 aromatic carbocycles. The van der Waals surface area contributed by atoms with Gasteiger partial charge in [0.15, 0.2) is 5.37 Å². The number of nitrogens with zero attached hydrogens (tertiary/aromatic N) is 1. The summed E-state index contributed by atoms with van der Waals surface area (Å²) in [5.41, 5.74) is 0. The molecule has 0 aromatic rings. The summed E-state index contributed by atoms with van der Waals surface area (Å²) in [6.45, 7) is 2.41. The Bertz CT molecular complexity index is 209. The third-order valence-electron chi connectivity index (χ3n) is 1.46. The van der Waals surface area contributed by atoms with Crippen molar-refractivity contribution in [3.05, 3.63) is 0 Å². The smallest absolute Gasteiger partial charge is 0.327 e. The highest BCUT2D eigenvalue weighted by molar-refractivity contribution is 7.81. The van der Waals surface area contributed by atoms with Crippen molar-refractivity contribution in [2.75, 3.05) is 13.3 Å². The number of thiol groups is 1. The molecule has 5 nitrogen and oxygen atoms in total. The number of carbonyl (C=O) groups excluding carboxylic acids is 2. The van der Waals surface area contributed by atoms with Crippen molar-refractivity contribution >= 4 is 24.6 Å². The Morgan fingerprint density at radius 2 is 2.33 bits per heavy atom. The van der Waals surface area contributed by atoms with Crippen LogP contribution in [-0.2, 0) is 9.53 Å². The number of hydrogen-bond donors (Lipinski definition) is 2. The summed E-state index contributed by atoms with van der Waals surface area (Å²) in [6, 6.07) is -0.451. The average Bonchev–Trinajstić information content (AvgIpc) is 2.25. The van der Waals surface area contributed by atoms with Crippen molar-refractivity contribution in [1.82, 2.24) is 10.2 Å². The number of hydrogen-bond acceptors (Lipinski definition) is 4. The third-order valence-corrected chi connectivity index (χ3v) is 1.97. The molecule has 0 aliphatic carbocycles. The highest BCUT2D eigenvalue weighted by Gasteiger charge is 2.35. The van der Waals surface area contributed by atoms with Gasteiger partial charge >= 0.3 is 6.03 Å². The first kappa shape index (κ1) is 9.34. The summed E-state index contributed by atoms with van der Waals surface area (Å²) >= 11 is 3.93. The quantitative estimate of drug-likeness (QED) is 0.478. The fraction of sp³-hybridized carbons (Fsp3) is 0.667. The molecule has 12 heavy (non-hydrogen) atoms. The number of ether oxygens (including phenoxy) is 1. The van der Waals surface area contributed by atoms with Crippen LogP contribution in [0.2, 0.25) is 0 Å². The standard InChI is InChI=1S/C6H10N2O3S/c1-2-11-3-8-5(12)4(9)7-6(8)10/h5,12H,2-3H2,1H3,(H,7,9,10). The van der Waals surface area contributed by atoms with E-state index in [0.717, 1.165) is 0 Å². The first-order chi connectivity index (χ1) is 5.66. The summed E-state index contributed by atoms with van der Waals surface area (Å²) in [5.74, 6) is -0.400. The lowest BCUT2D eigenvalue weighted by atomic mass is 10.6. The van der Waals surface area contributed by atoms with E-state index in [4.69, 9.17) is 4.74 Å². The Morgan fingerprint density at radius 3 is 2.75 bits per heavy atom. The van der Waals surface area contributed by atoms with Crippen LogP contribution in [0.15, 0.2) is 0 Å². The summed E-state index contributed by atoms with van der Waals surface area (Å²) in [7, 11) is 0. The van der Waals surface area contributed by atoms with Gasteiger partial charge in [0.05, 0.1) is 0 Å². The van der Waals surface area contributed by atoms with E-state index in [1.807, 2.05) is 6.92 Å². The lowest BCUT2D eigenvalue weighted by Crippen LogP contribution is -2.33. The van der Waals surface area contributed by atoms with E-state index in [-0.39, 0.29) is 6.73 Å². The van der Waals surface area contributed by atoms with Crippen LogP contribution in [0.4, 0.5) is 4.79 Å². The first-order valence-electron chi connectivity index (χ1n) is 3.54. The molecule has 68 valence electrons. The normalized spacial score (nSPS) is 23.2. The van der Waals surface area contributed by atoms with Crippen molar-refractivity contribution in [2.45, 2.75) is 12.3 Å². The molecule has 1 atom stereocenters. The maximum atomic E-state index is 11.0. The van der Waals surface area contributed by atoms with Crippen LogP contribution in [0.25, 0.3) is 0 Å². The van der Waals surface area contributed by atoms with Gasteiger partial charge < -0.3 is 4.74 Å². The molecule has 3 amide bonds.